The Bertz CT molecular complexity index is 378. The van der Waals surface area contributed by atoms with E-state index in [1.165, 1.54) is 0 Å². The zero-order valence-corrected chi connectivity index (χ0v) is 10.8. The van der Waals surface area contributed by atoms with Gasteiger partial charge in [-0.25, -0.2) is 0 Å². The van der Waals surface area contributed by atoms with Crippen LogP contribution in [0.2, 0.25) is 0 Å². The Labute approximate surface area is 115 Å². The minimum Gasteiger partial charge on any atom is -0.490 e. The molecule has 0 radical (unpaired) electrons. The van der Waals surface area contributed by atoms with Crippen molar-refractivity contribution in [1.82, 2.24) is 5.32 Å². The number of hydrogen-bond acceptors (Lipinski definition) is 4. The second-order valence-corrected chi connectivity index (χ2v) is 4.50. The van der Waals surface area contributed by atoms with E-state index in [1.54, 1.807) is 0 Å². The molecule has 1 aromatic rings. The highest BCUT2D eigenvalue weighted by Gasteiger charge is 2.11. The summed E-state index contributed by atoms with van der Waals surface area (Å²) in [5.74, 6) is 1.65. The molecule has 0 aromatic heterocycles. The van der Waals surface area contributed by atoms with Gasteiger partial charge in [0.25, 0.3) is 0 Å². The van der Waals surface area contributed by atoms with E-state index in [0.717, 1.165) is 36.4 Å². The number of hydrogen-bond donors (Lipinski definition) is 2. The van der Waals surface area contributed by atoms with E-state index >= 15 is 0 Å². The molecule has 19 heavy (non-hydrogen) atoms. The van der Waals surface area contributed by atoms with Crippen LogP contribution in [0.15, 0.2) is 18.2 Å². The molecule has 1 aliphatic heterocycles. The van der Waals surface area contributed by atoms with Gasteiger partial charge in [-0.2, -0.15) is 0 Å². The van der Waals surface area contributed by atoms with E-state index < -0.39 is 0 Å². The third-order valence-electron chi connectivity index (χ3n) is 3.12. The third kappa shape index (κ3) is 4.40. The van der Waals surface area contributed by atoms with Gasteiger partial charge >= 0.3 is 0 Å². The molecule has 4 heteroatoms. The maximum Gasteiger partial charge on any atom is 0.161 e. The van der Waals surface area contributed by atoms with Gasteiger partial charge in [-0.05, 0) is 24.1 Å². The van der Waals surface area contributed by atoms with Crippen LogP contribution in [0.25, 0.3) is 0 Å². The molecule has 2 N–H and O–H groups in total. The van der Waals surface area contributed by atoms with Crippen LogP contribution in [0.3, 0.4) is 0 Å². The fourth-order valence-corrected chi connectivity index (χ4v) is 1.92. The fourth-order valence-electron chi connectivity index (χ4n) is 1.92. The van der Waals surface area contributed by atoms with Crippen LogP contribution in [0.4, 0.5) is 0 Å². The smallest absolute Gasteiger partial charge is 0.161 e. The van der Waals surface area contributed by atoms with E-state index in [4.69, 9.17) is 14.6 Å². The van der Waals surface area contributed by atoms with Crippen LogP contribution >= 0.6 is 0 Å². The van der Waals surface area contributed by atoms with Crippen molar-refractivity contribution in [3.8, 4) is 11.5 Å². The van der Waals surface area contributed by atoms with Gasteiger partial charge in [-0.15, -0.1) is 0 Å². The largest absolute Gasteiger partial charge is 0.490 e. The van der Waals surface area contributed by atoms with Crippen molar-refractivity contribution in [2.75, 3.05) is 19.8 Å². The first-order valence-electron chi connectivity index (χ1n) is 6.56. The minimum absolute atomic E-state index is 0. The van der Waals surface area contributed by atoms with Crippen LogP contribution in [0.5, 0.6) is 11.5 Å². The molecular weight excluding hydrogens is 242 g/mol. The highest BCUT2D eigenvalue weighted by atomic mass is 16.5. The minimum atomic E-state index is 0. The average Bonchev–Trinajstić information content (AvgIpc) is 2.64. The molecule has 0 fully saturated rings. The van der Waals surface area contributed by atoms with Crippen LogP contribution < -0.4 is 14.8 Å². The van der Waals surface area contributed by atoms with Gasteiger partial charge in [0.1, 0.15) is 0 Å². The Balaban J connectivity index is 0.00000180. The molecule has 0 saturated carbocycles. The Kier molecular flexibility index (Phi) is 6.67. The van der Waals surface area contributed by atoms with Crippen molar-refractivity contribution in [2.45, 2.75) is 39.8 Å². The van der Waals surface area contributed by atoms with E-state index in [2.05, 4.69) is 12.2 Å². The van der Waals surface area contributed by atoms with E-state index in [9.17, 15) is 0 Å². The molecule has 1 atom stereocenters. The molecule has 0 saturated heterocycles. The van der Waals surface area contributed by atoms with E-state index in [1.807, 2.05) is 18.2 Å². The first-order chi connectivity index (χ1) is 8.83. The van der Waals surface area contributed by atoms with Gasteiger partial charge in [-0.3, -0.25) is 0 Å². The molecule has 1 aromatic carbocycles. The lowest BCUT2D eigenvalue weighted by atomic mass is 10.1. The second-order valence-electron chi connectivity index (χ2n) is 4.50. The summed E-state index contributed by atoms with van der Waals surface area (Å²) in [6, 6.07) is 6.15. The predicted molar refractivity (Wildman–Crippen MR) is 76.8 cm³/mol. The lowest BCUT2D eigenvalue weighted by Gasteiger charge is -2.15. The monoisotopic (exact) mass is 267 g/mol. The highest BCUT2D eigenvalue weighted by molar-refractivity contribution is 5.43. The average molecular weight is 267 g/mol. The quantitative estimate of drug-likeness (QED) is 0.860. The molecule has 1 aliphatic rings. The number of aliphatic hydroxyl groups is 1. The van der Waals surface area contributed by atoms with Crippen LogP contribution in [-0.2, 0) is 6.54 Å². The number of fused-ring (bicyclic) bond motifs is 1. The molecule has 0 unspecified atom stereocenters. The Morgan fingerprint density at radius 1 is 1.26 bits per heavy atom. The van der Waals surface area contributed by atoms with Gasteiger partial charge in [0.2, 0.25) is 0 Å². The summed E-state index contributed by atoms with van der Waals surface area (Å²) >= 11 is 0. The summed E-state index contributed by atoms with van der Waals surface area (Å²) in [5.41, 5.74) is 1.14. The molecule has 108 valence electrons. The number of aliphatic hydroxyl groups excluding tert-OH is 1. The second kappa shape index (κ2) is 8.02. The first kappa shape index (κ1) is 15.8. The van der Waals surface area contributed by atoms with Crippen molar-refractivity contribution in [2.24, 2.45) is 0 Å². The molecule has 4 nitrogen and oxygen atoms in total. The van der Waals surface area contributed by atoms with Crippen molar-refractivity contribution in [3.05, 3.63) is 23.8 Å². The van der Waals surface area contributed by atoms with E-state index in [-0.39, 0.29) is 20.1 Å². The number of nitrogens with one attached hydrogen (secondary N) is 1. The first-order valence-corrected chi connectivity index (χ1v) is 6.56. The molecule has 0 aliphatic carbocycles. The number of ether oxygens (including phenoxy) is 2. The maximum absolute atomic E-state index is 9.13. The zero-order valence-electron chi connectivity index (χ0n) is 10.8. The number of rotatable bonds is 5. The van der Waals surface area contributed by atoms with Crippen LogP contribution in [0, 0.1) is 0 Å². The van der Waals surface area contributed by atoms with Crippen LogP contribution in [0.1, 0.15) is 32.8 Å². The van der Waals surface area contributed by atoms with Crippen molar-refractivity contribution >= 4 is 0 Å². The Morgan fingerprint density at radius 3 is 2.68 bits per heavy atom. The number of benzene rings is 1. The van der Waals surface area contributed by atoms with Gasteiger partial charge < -0.3 is 19.9 Å². The Hall–Kier alpha value is -1.26. The topological polar surface area (TPSA) is 50.7 Å². The summed E-state index contributed by atoms with van der Waals surface area (Å²) in [6.07, 6.45) is 1.84. The maximum atomic E-state index is 9.13. The highest BCUT2D eigenvalue weighted by Crippen LogP contribution is 2.30. The molecule has 0 bridgehead atoms. The standard InChI is InChI=1S/C14H21NO3.CH4/c1-2-12(10-16)15-9-11-4-5-13-14(8-11)18-7-3-6-17-13;/h4-5,8,12,15-16H,2-3,6-7,9-10H2,1H3;1H4/t12-;/m1./s1. The summed E-state index contributed by atoms with van der Waals surface area (Å²) in [4.78, 5) is 0. The van der Waals surface area contributed by atoms with Gasteiger partial charge in [-0.1, -0.05) is 20.4 Å². The molecule has 0 spiro atoms. The molecular formula is C15H25NO3. The lowest BCUT2D eigenvalue weighted by molar-refractivity contribution is 0.238. The molecule has 1 heterocycles. The van der Waals surface area contributed by atoms with Gasteiger partial charge in [0.15, 0.2) is 11.5 Å². The summed E-state index contributed by atoms with van der Waals surface area (Å²) in [5, 5.41) is 12.4. The summed E-state index contributed by atoms with van der Waals surface area (Å²) in [6.45, 7) is 4.38. The fraction of sp³-hybridized carbons (Fsp3) is 0.600. The van der Waals surface area contributed by atoms with Crippen molar-refractivity contribution in [3.63, 3.8) is 0 Å². The van der Waals surface area contributed by atoms with Crippen LogP contribution in [-0.4, -0.2) is 31.0 Å². The lowest BCUT2D eigenvalue weighted by Crippen LogP contribution is -2.31. The van der Waals surface area contributed by atoms with Gasteiger partial charge in [0.05, 0.1) is 19.8 Å². The van der Waals surface area contributed by atoms with Crippen molar-refractivity contribution < 1.29 is 14.6 Å². The predicted octanol–water partition coefficient (Wildman–Crippen LogP) is 2.34. The van der Waals surface area contributed by atoms with Gasteiger partial charge in [0, 0.05) is 19.0 Å². The SMILES string of the molecule is C.CC[C@H](CO)NCc1ccc2c(c1)OCCCO2. The third-order valence-corrected chi connectivity index (χ3v) is 3.12. The van der Waals surface area contributed by atoms with E-state index in [0.29, 0.717) is 13.2 Å². The zero-order chi connectivity index (χ0) is 12.8. The summed E-state index contributed by atoms with van der Waals surface area (Å²) in [7, 11) is 0. The van der Waals surface area contributed by atoms with Crippen molar-refractivity contribution in [1.29, 1.82) is 0 Å². The molecule has 2 rings (SSSR count). The summed E-state index contributed by atoms with van der Waals surface area (Å²) < 4.78 is 11.2. The molecule has 0 amide bonds. The Morgan fingerprint density at radius 2 is 2.00 bits per heavy atom. The normalized spacial score (nSPS) is 15.3.